The van der Waals surface area contributed by atoms with E-state index in [1.54, 1.807) is 0 Å². The summed E-state index contributed by atoms with van der Waals surface area (Å²) < 4.78 is 5.26. The predicted octanol–water partition coefficient (Wildman–Crippen LogP) is 2.10. The Morgan fingerprint density at radius 3 is 2.15 bits per heavy atom. The van der Waals surface area contributed by atoms with E-state index in [9.17, 15) is 9.59 Å². The summed E-state index contributed by atoms with van der Waals surface area (Å²) in [6, 6.07) is 0. The van der Waals surface area contributed by atoms with Gasteiger partial charge in [0.2, 0.25) is 5.91 Å². The molecule has 114 valence electrons. The quantitative estimate of drug-likeness (QED) is 0.828. The average Bonchev–Trinajstić information content (AvgIpc) is 2.87. The van der Waals surface area contributed by atoms with Gasteiger partial charge < -0.3 is 15.2 Å². The van der Waals surface area contributed by atoms with Crippen molar-refractivity contribution in [3.63, 3.8) is 0 Å². The van der Waals surface area contributed by atoms with Crippen LogP contribution >= 0.6 is 0 Å². The molecule has 0 aromatic heterocycles. The molecule has 0 unspecified atom stereocenters. The molecule has 5 heteroatoms. The molecular weight excluding hydrogens is 258 g/mol. The first-order valence-electron chi connectivity index (χ1n) is 7.83. The maximum atomic E-state index is 12.0. The Kier molecular flexibility index (Phi) is 5.83. The van der Waals surface area contributed by atoms with Crippen molar-refractivity contribution in [2.24, 2.45) is 5.92 Å². The summed E-state index contributed by atoms with van der Waals surface area (Å²) >= 11 is 0. The van der Waals surface area contributed by atoms with Gasteiger partial charge in [0.15, 0.2) is 6.10 Å². The number of hydrogen-bond donors (Lipinski definition) is 2. The van der Waals surface area contributed by atoms with Crippen LogP contribution in [0.15, 0.2) is 0 Å². The van der Waals surface area contributed by atoms with E-state index in [0.717, 1.165) is 0 Å². The number of ether oxygens (including phenoxy) is 1. The van der Waals surface area contributed by atoms with Crippen molar-refractivity contribution in [1.82, 2.24) is 5.32 Å². The van der Waals surface area contributed by atoms with Crippen LogP contribution in [0, 0.1) is 5.92 Å². The van der Waals surface area contributed by atoms with Gasteiger partial charge in [-0.25, -0.2) is 4.79 Å². The lowest BCUT2D eigenvalue weighted by Crippen LogP contribution is -2.38. The van der Waals surface area contributed by atoms with E-state index in [4.69, 9.17) is 9.84 Å². The molecule has 1 saturated heterocycles. The number of carboxylic acid groups (broad SMARTS) is 1. The lowest BCUT2D eigenvalue weighted by molar-refractivity contribution is -0.151. The van der Waals surface area contributed by atoms with Gasteiger partial charge in [-0.05, 0) is 31.6 Å². The number of carboxylic acids is 1. The first-order valence-corrected chi connectivity index (χ1v) is 7.83. The number of aliphatic carboxylic acids is 1. The maximum Gasteiger partial charge on any atom is 0.332 e. The second-order valence-electron chi connectivity index (χ2n) is 5.99. The lowest BCUT2D eigenvalue weighted by atomic mass is 9.91. The van der Waals surface area contributed by atoms with Crippen LogP contribution in [0.25, 0.3) is 0 Å². The molecule has 1 heterocycles. The molecule has 1 aliphatic heterocycles. The van der Waals surface area contributed by atoms with E-state index in [2.05, 4.69) is 5.32 Å². The molecule has 20 heavy (non-hydrogen) atoms. The zero-order valence-corrected chi connectivity index (χ0v) is 12.0. The number of nitrogens with one attached hydrogen (secondary N) is 1. The molecule has 0 spiro atoms. The summed E-state index contributed by atoms with van der Waals surface area (Å²) in [7, 11) is 0. The number of carbonyl (C=O) groups excluding carboxylic acids is 1. The number of hydrogen-bond acceptors (Lipinski definition) is 3. The molecule has 2 fully saturated rings. The Balaban J connectivity index is 1.70. The van der Waals surface area contributed by atoms with Gasteiger partial charge in [-0.3, -0.25) is 4.79 Å². The van der Waals surface area contributed by atoms with Crippen molar-refractivity contribution >= 4 is 11.9 Å². The molecule has 0 radical (unpaired) electrons. The maximum absolute atomic E-state index is 12.0. The molecule has 2 rings (SSSR count). The molecule has 1 amide bonds. The van der Waals surface area contributed by atoms with Crippen molar-refractivity contribution in [3.8, 4) is 0 Å². The van der Waals surface area contributed by atoms with Crippen molar-refractivity contribution < 1.29 is 19.4 Å². The number of carbonyl (C=O) groups is 2. The van der Waals surface area contributed by atoms with Gasteiger partial charge in [0.1, 0.15) is 6.10 Å². The summed E-state index contributed by atoms with van der Waals surface area (Å²) in [5, 5.41) is 11.8. The van der Waals surface area contributed by atoms with E-state index in [1.807, 2.05) is 0 Å². The van der Waals surface area contributed by atoms with Crippen LogP contribution in [0.2, 0.25) is 0 Å². The summed E-state index contributed by atoms with van der Waals surface area (Å²) in [6.45, 7) is 0.705. The van der Waals surface area contributed by atoms with Crippen molar-refractivity contribution in [2.45, 2.75) is 70.0 Å². The van der Waals surface area contributed by atoms with E-state index >= 15 is 0 Å². The second kappa shape index (κ2) is 7.62. The van der Waals surface area contributed by atoms with Crippen molar-refractivity contribution in [1.29, 1.82) is 0 Å². The van der Waals surface area contributed by atoms with Gasteiger partial charge in [0, 0.05) is 6.54 Å². The Morgan fingerprint density at radius 2 is 1.55 bits per heavy atom. The number of rotatable bonds is 4. The largest absolute Gasteiger partial charge is 0.479 e. The third kappa shape index (κ3) is 4.47. The normalized spacial score (nSPS) is 28.6. The summed E-state index contributed by atoms with van der Waals surface area (Å²) in [5.74, 6) is -0.549. The smallest absolute Gasteiger partial charge is 0.332 e. The topological polar surface area (TPSA) is 75.6 Å². The third-order valence-electron chi connectivity index (χ3n) is 4.38. The van der Waals surface area contributed by atoms with Gasteiger partial charge in [-0.1, -0.05) is 32.1 Å². The van der Waals surface area contributed by atoms with Gasteiger partial charge in [-0.2, -0.15) is 0 Å². The zero-order chi connectivity index (χ0) is 14.4. The molecule has 1 aliphatic carbocycles. The Bertz CT molecular complexity index is 337. The molecule has 0 aromatic carbocycles. The molecule has 5 nitrogen and oxygen atoms in total. The fourth-order valence-corrected chi connectivity index (χ4v) is 3.12. The average molecular weight is 283 g/mol. The highest BCUT2D eigenvalue weighted by Gasteiger charge is 2.34. The molecule has 2 N–H and O–H groups in total. The first kappa shape index (κ1) is 15.3. The molecule has 2 atom stereocenters. The highest BCUT2D eigenvalue weighted by atomic mass is 16.5. The van der Waals surface area contributed by atoms with Gasteiger partial charge in [0.05, 0.1) is 0 Å². The monoisotopic (exact) mass is 283 g/mol. The third-order valence-corrected chi connectivity index (χ3v) is 4.38. The SMILES string of the molecule is O=C(NCC1CCCCCCC1)[C@@H]1CC[C@H](C(=O)O)O1. The highest BCUT2D eigenvalue weighted by molar-refractivity contribution is 5.82. The molecule has 1 saturated carbocycles. The van der Waals surface area contributed by atoms with E-state index in [-0.39, 0.29) is 5.91 Å². The van der Waals surface area contributed by atoms with Crippen LogP contribution in [0.4, 0.5) is 0 Å². The summed E-state index contributed by atoms with van der Waals surface area (Å²) in [6.07, 6.45) is 8.36. The van der Waals surface area contributed by atoms with Crippen molar-refractivity contribution in [3.05, 3.63) is 0 Å². The van der Waals surface area contributed by atoms with Crippen LogP contribution in [0.1, 0.15) is 57.8 Å². The first-order chi connectivity index (χ1) is 9.66. The number of amides is 1. The standard InChI is InChI=1S/C15H25NO4/c17-14(12-8-9-13(20-12)15(18)19)16-10-11-6-4-2-1-3-5-7-11/h11-13H,1-10H2,(H,16,17)(H,18,19)/t12-,13+/m0/s1. The Hall–Kier alpha value is -1.10. The fraction of sp³-hybridized carbons (Fsp3) is 0.867. The minimum absolute atomic E-state index is 0.143. The molecule has 0 bridgehead atoms. The lowest BCUT2D eigenvalue weighted by Gasteiger charge is -2.21. The van der Waals surface area contributed by atoms with Crippen LogP contribution in [-0.4, -0.2) is 35.7 Å². The zero-order valence-electron chi connectivity index (χ0n) is 12.0. The van der Waals surface area contributed by atoms with Crippen LogP contribution in [0.3, 0.4) is 0 Å². The van der Waals surface area contributed by atoms with Gasteiger partial charge in [0.25, 0.3) is 0 Å². The van der Waals surface area contributed by atoms with Crippen LogP contribution in [0.5, 0.6) is 0 Å². The molecule has 0 aromatic rings. The Labute approximate surface area is 120 Å². The molecule has 2 aliphatic rings. The Morgan fingerprint density at radius 1 is 0.950 bits per heavy atom. The summed E-state index contributed by atoms with van der Waals surface area (Å²) in [4.78, 5) is 22.8. The van der Waals surface area contributed by atoms with E-state index < -0.39 is 18.2 Å². The highest BCUT2D eigenvalue weighted by Crippen LogP contribution is 2.23. The predicted molar refractivity (Wildman–Crippen MR) is 74.3 cm³/mol. The van der Waals surface area contributed by atoms with Crippen molar-refractivity contribution in [2.75, 3.05) is 6.54 Å². The molecular formula is C15H25NO4. The van der Waals surface area contributed by atoms with Gasteiger partial charge >= 0.3 is 5.97 Å². The summed E-state index contributed by atoms with van der Waals surface area (Å²) in [5.41, 5.74) is 0. The fourth-order valence-electron chi connectivity index (χ4n) is 3.12. The van der Waals surface area contributed by atoms with E-state index in [0.29, 0.717) is 25.3 Å². The van der Waals surface area contributed by atoms with Crippen LogP contribution in [-0.2, 0) is 14.3 Å². The minimum atomic E-state index is -0.972. The van der Waals surface area contributed by atoms with Crippen LogP contribution < -0.4 is 5.32 Å². The van der Waals surface area contributed by atoms with E-state index in [1.165, 1.54) is 44.9 Å². The minimum Gasteiger partial charge on any atom is -0.479 e. The van der Waals surface area contributed by atoms with Gasteiger partial charge in [-0.15, -0.1) is 0 Å². The second-order valence-corrected chi connectivity index (χ2v) is 5.99.